The Morgan fingerprint density at radius 2 is 1.90 bits per heavy atom. The number of esters is 1. The van der Waals surface area contributed by atoms with E-state index in [0.29, 0.717) is 0 Å². The van der Waals surface area contributed by atoms with E-state index in [1.165, 1.54) is 25.3 Å². The van der Waals surface area contributed by atoms with Crippen molar-refractivity contribution in [2.24, 2.45) is 0 Å². The van der Waals surface area contributed by atoms with Crippen LogP contribution in [0.4, 0.5) is 9.18 Å². The summed E-state index contributed by atoms with van der Waals surface area (Å²) < 4.78 is 23.5. The molecular formula is C15H20FNO4. The third-order valence-electron chi connectivity index (χ3n) is 2.57. The van der Waals surface area contributed by atoms with Crippen molar-refractivity contribution in [2.75, 3.05) is 7.11 Å². The molecule has 0 aliphatic carbocycles. The molecule has 0 aliphatic heterocycles. The number of hydrogen-bond donors (Lipinski definition) is 1. The molecule has 1 N–H and O–H groups in total. The molecule has 1 rings (SSSR count). The molecule has 1 atom stereocenters. The fourth-order valence-electron chi connectivity index (χ4n) is 1.70. The average molecular weight is 297 g/mol. The second-order valence-corrected chi connectivity index (χ2v) is 5.50. The van der Waals surface area contributed by atoms with Crippen LogP contribution in [-0.4, -0.2) is 24.8 Å². The highest BCUT2D eigenvalue weighted by Gasteiger charge is 2.24. The van der Waals surface area contributed by atoms with Gasteiger partial charge in [0.15, 0.2) is 0 Å². The molecule has 116 valence electrons. The molecule has 0 aliphatic rings. The van der Waals surface area contributed by atoms with Crippen LogP contribution in [0.2, 0.25) is 0 Å². The molecule has 1 amide bonds. The fraction of sp³-hybridized carbons (Fsp3) is 0.467. The van der Waals surface area contributed by atoms with Gasteiger partial charge in [-0.1, -0.05) is 18.2 Å². The van der Waals surface area contributed by atoms with Crippen molar-refractivity contribution in [1.29, 1.82) is 0 Å². The van der Waals surface area contributed by atoms with Gasteiger partial charge in [0.1, 0.15) is 11.4 Å². The van der Waals surface area contributed by atoms with E-state index in [-0.39, 0.29) is 12.0 Å². The molecule has 1 aromatic rings. The standard InChI is InChI=1S/C15H20FNO4/c1-15(2,3)21-14(19)17-12(9-13(18)20-4)10-7-5-6-8-11(10)16/h5-8,12H,9H2,1-4H3,(H,17,19). The Morgan fingerprint density at radius 3 is 2.43 bits per heavy atom. The van der Waals surface area contributed by atoms with Gasteiger partial charge in [0, 0.05) is 5.56 Å². The number of ether oxygens (including phenoxy) is 2. The van der Waals surface area contributed by atoms with Crippen molar-refractivity contribution in [3.8, 4) is 0 Å². The molecule has 1 unspecified atom stereocenters. The zero-order chi connectivity index (χ0) is 16.0. The summed E-state index contributed by atoms with van der Waals surface area (Å²) in [5.74, 6) is -1.07. The van der Waals surface area contributed by atoms with Crippen LogP contribution >= 0.6 is 0 Å². The summed E-state index contributed by atoms with van der Waals surface area (Å²) in [6, 6.07) is 5.06. The predicted octanol–water partition coefficient (Wildman–Crippen LogP) is 2.95. The number of carbonyl (C=O) groups is 2. The average Bonchev–Trinajstić information content (AvgIpc) is 2.36. The molecule has 0 saturated carbocycles. The highest BCUT2D eigenvalue weighted by molar-refractivity contribution is 5.73. The number of halogens is 1. The van der Waals surface area contributed by atoms with Crippen LogP contribution < -0.4 is 5.32 Å². The van der Waals surface area contributed by atoms with Gasteiger partial charge < -0.3 is 14.8 Å². The number of carbonyl (C=O) groups excluding carboxylic acids is 2. The number of amides is 1. The van der Waals surface area contributed by atoms with Crippen LogP contribution in [-0.2, 0) is 14.3 Å². The third-order valence-corrected chi connectivity index (χ3v) is 2.57. The van der Waals surface area contributed by atoms with Crippen LogP contribution in [0.25, 0.3) is 0 Å². The van der Waals surface area contributed by atoms with Gasteiger partial charge in [0.05, 0.1) is 19.6 Å². The second kappa shape index (κ2) is 7.06. The Kier molecular flexibility index (Phi) is 5.69. The topological polar surface area (TPSA) is 64.6 Å². The lowest BCUT2D eigenvalue weighted by atomic mass is 10.0. The molecule has 0 bridgehead atoms. The van der Waals surface area contributed by atoms with Crippen molar-refractivity contribution in [3.63, 3.8) is 0 Å². The van der Waals surface area contributed by atoms with Crippen LogP contribution in [0.5, 0.6) is 0 Å². The Hall–Kier alpha value is -2.11. The number of rotatable bonds is 4. The molecule has 0 saturated heterocycles. The largest absolute Gasteiger partial charge is 0.469 e. The van der Waals surface area contributed by atoms with Crippen molar-refractivity contribution in [3.05, 3.63) is 35.6 Å². The van der Waals surface area contributed by atoms with E-state index in [1.54, 1.807) is 26.8 Å². The number of nitrogens with one attached hydrogen (secondary N) is 1. The summed E-state index contributed by atoms with van der Waals surface area (Å²) in [6.07, 6.45) is -0.906. The molecule has 5 nitrogen and oxygen atoms in total. The Bertz CT molecular complexity index is 511. The van der Waals surface area contributed by atoms with Gasteiger partial charge in [0.25, 0.3) is 0 Å². The van der Waals surface area contributed by atoms with Crippen molar-refractivity contribution >= 4 is 12.1 Å². The molecule has 0 radical (unpaired) electrons. The summed E-state index contributed by atoms with van der Waals surface area (Å²) in [6.45, 7) is 5.14. The Morgan fingerprint density at radius 1 is 1.29 bits per heavy atom. The quantitative estimate of drug-likeness (QED) is 0.868. The Labute approximate surface area is 123 Å². The summed E-state index contributed by atoms with van der Waals surface area (Å²) in [4.78, 5) is 23.3. The normalized spacial score (nSPS) is 12.4. The van der Waals surface area contributed by atoms with Gasteiger partial charge >= 0.3 is 12.1 Å². The van der Waals surface area contributed by atoms with Crippen LogP contribution in [0.3, 0.4) is 0 Å². The van der Waals surface area contributed by atoms with Crippen LogP contribution in [0.15, 0.2) is 24.3 Å². The smallest absolute Gasteiger partial charge is 0.408 e. The van der Waals surface area contributed by atoms with Gasteiger partial charge in [-0.3, -0.25) is 4.79 Å². The zero-order valence-corrected chi connectivity index (χ0v) is 12.6. The van der Waals surface area contributed by atoms with E-state index in [9.17, 15) is 14.0 Å². The third kappa shape index (κ3) is 5.81. The summed E-state index contributed by atoms with van der Waals surface area (Å²) in [5, 5.41) is 2.49. The zero-order valence-electron chi connectivity index (χ0n) is 12.6. The maximum absolute atomic E-state index is 13.8. The van der Waals surface area contributed by atoms with E-state index >= 15 is 0 Å². The maximum atomic E-state index is 13.8. The van der Waals surface area contributed by atoms with E-state index in [1.807, 2.05) is 0 Å². The number of methoxy groups -OCH3 is 1. The van der Waals surface area contributed by atoms with E-state index in [0.717, 1.165) is 0 Å². The molecule has 0 heterocycles. The van der Waals surface area contributed by atoms with Crippen molar-refractivity contribution in [1.82, 2.24) is 5.32 Å². The summed E-state index contributed by atoms with van der Waals surface area (Å²) in [5.41, 5.74) is -0.483. The first-order valence-electron chi connectivity index (χ1n) is 6.53. The lowest BCUT2D eigenvalue weighted by Gasteiger charge is -2.23. The molecule has 1 aromatic carbocycles. The molecule has 0 fully saturated rings. The fourth-order valence-corrected chi connectivity index (χ4v) is 1.70. The van der Waals surface area contributed by atoms with Gasteiger partial charge in [0.2, 0.25) is 0 Å². The Balaban J connectivity index is 2.91. The maximum Gasteiger partial charge on any atom is 0.408 e. The molecule has 6 heteroatoms. The number of alkyl carbamates (subject to hydrolysis) is 1. The monoisotopic (exact) mass is 297 g/mol. The van der Waals surface area contributed by atoms with Gasteiger partial charge in [-0.25, -0.2) is 9.18 Å². The van der Waals surface area contributed by atoms with Gasteiger partial charge in [-0.15, -0.1) is 0 Å². The van der Waals surface area contributed by atoms with Crippen LogP contribution in [0.1, 0.15) is 38.8 Å². The molecular weight excluding hydrogens is 277 g/mol. The minimum absolute atomic E-state index is 0.184. The minimum atomic E-state index is -0.853. The second-order valence-electron chi connectivity index (χ2n) is 5.50. The van der Waals surface area contributed by atoms with E-state index < -0.39 is 29.5 Å². The number of benzene rings is 1. The van der Waals surface area contributed by atoms with Gasteiger partial charge in [-0.2, -0.15) is 0 Å². The predicted molar refractivity (Wildman–Crippen MR) is 75.1 cm³/mol. The lowest BCUT2D eigenvalue weighted by Crippen LogP contribution is -2.36. The van der Waals surface area contributed by atoms with E-state index in [4.69, 9.17) is 4.74 Å². The van der Waals surface area contributed by atoms with Gasteiger partial charge in [-0.05, 0) is 26.8 Å². The summed E-state index contributed by atoms with van der Waals surface area (Å²) >= 11 is 0. The van der Waals surface area contributed by atoms with Crippen LogP contribution in [0, 0.1) is 5.82 Å². The number of hydrogen-bond acceptors (Lipinski definition) is 4. The van der Waals surface area contributed by atoms with E-state index in [2.05, 4.69) is 10.1 Å². The molecule has 0 aromatic heterocycles. The molecule has 21 heavy (non-hydrogen) atoms. The first-order chi connectivity index (χ1) is 9.73. The van der Waals surface area contributed by atoms with Crippen molar-refractivity contribution < 1.29 is 23.5 Å². The highest BCUT2D eigenvalue weighted by Crippen LogP contribution is 2.21. The first-order valence-corrected chi connectivity index (χ1v) is 6.53. The lowest BCUT2D eigenvalue weighted by molar-refractivity contribution is -0.141. The van der Waals surface area contributed by atoms with Crippen molar-refractivity contribution in [2.45, 2.75) is 38.8 Å². The molecule has 0 spiro atoms. The highest BCUT2D eigenvalue weighted by atomic mass is 19.1. The SMILES string of the molecule is COC(=O)CC(NC(=O)OC(C)(C)C)c1ccccc1F. The minimum Gasteiger partial charge on any atom is -0.469 e. The first kappa shape index (κ1) is 16.9. The summed E-state index contributed by atoms with van der Waals surface area (Å²) in [7, 11) is 1.23.